The van der Waals surface area contributed by atoms with Crippen LogP contribution in [0.3, 0.4) is 0 Å². The summed E-state index contributed by atoms with van der Waals surface area (Å²) in [6.07, 6.45) is -9.59. The lowest BCUT2D eigenvalue weighted by Gasteiger charge is -2.41. The van der Waals surface area contributed by atoms with Crippen LogP contribution in [-0.4, -0.2) is 72.3 Å². The average molecular weight is 684 g/mol. The van der Waals surface area contributed by atoms with Crippen LogP contribution in [0, 0.1) is 0 Å². The fraction of sp³-hybridized carbons (Fsp3) is 0.419. The van der Waals surface area contributed by atoms with Gasteiger partial charge in [-0.05, 0) is 61.4 Å². The highest BCUT2D eigenvalue weighted by atomic mass is 32.1. The van der Waals surface area contributed by atoms with Crippen LogP contribution >= 0.6 is 11.3 Å². The molecule has 0 spiro atoms. The van der Waals surface area contributed by atoms with Crippen molar-refractivity contribution in [2.24, 2.45) is 10.2 Å². The molecule has 9 nitrogen and oxygen atoms in total. The van der Waals surface area contributed by atoms with E-state index >= 15 is 0 Å². The summed E-state index contributed by atoms with van der Waals surface area (Å²) in [6, 6.07) is 5.90. The number of hydrogen-bond acceptors (Lipinski definition) is 9. The van der Waals surface area contributed by atoms with Gasteiger partial charge >= 0.3 is 18.4 Å². The van der Waals surface area contributed by atoms with Crippen molar-refractivity contribution in [2.45, 2.75) is 51.2 Å². The van der Waals surface area contributed by atoms with Gasteiger partial charge in [0.2, 0.25) is 5.88 Å². The molecule has 1 fully saturated rings. The van der Waals surface area contributed by atoms with Crippen LogP contribution in [0.5, 0.6) is 5.88 Å². The van der Waals surface area contributed by atoms with E-state index in [1.165, 1.54) is 13.3 Å². The van der Waals surface area contributed by atoms with Gasteiger partial charge in [0, 0.05) is 38.7 Å². The number of fused-ring (bicyclic) bond motifs is 1. The van der Waals surface area contributed by atoms with E-state index in [0.717, 1.165) is 17.4 Å². The van der Waals surface area contributed by atoms with Gasteiger partial charge in [0.05, 0.1) is 40.2 Å². The summed E-state index contributed by atoms with van der Waals surface area (Å²) in [5.41, 5.74) is -3.21. The second kappa shape index (κ2) is 12.8. The van der Waals surface area contributed by atoms with Gasteiger partial charge in [-0.15, -0.1) is 0 Å². The zero-order valence-electron chi connectivity index (χ0n) is 25.7. The van der Waals surface area contributed by atoms with E-state index in [1.54, 1.807) is 43.9 Å². The Labute approximate surface area is 269 Å². The maximum atomic E-state index is 14.1. The first kappa shape index (κ1) is 34.2. The fourth-order valence-corrected chi connectivity index (χ4v) is 6.38. The number of aromatic hydroxyl groups is 1. The minimum atomic E-state index is -5.09. The van der Waals surface area contributed by atoms with Crippen molar-refractivity contribution in [3.05, 3.63) is 74.1 Å². The standard InChI is InChI=1S/C31H31F6N5O4S/c1-29(2,3)46-28(44)42-10-9-41(15-21(42)16-45-4)27-39-26(43)25(47-27)22(17-6-8-24-19(11-17)14-38-40-24)12-18-5-7-20(30(32,33)34)13-23(18)31(35,36)37/h5-8,11,13-14,21,43H,9-10,12,15-16H2,1-4H3/t21-/m0/s1. The minimum absolute atomic E-state index is 0.0965. The SMILES string of the molecule is COC[C@@H]1CN(c2nc(O)c(C(Cc3ccc(C(F)(F)F)cc3C(F)(F)F)=c3ccc4c(c3)C=NN=4)s2)CCN1C(=O)OC(C)(C)C. The first-order chi connectivity index (χ1) is 21.9. The van der Waals surface area contributed by atoms with Crippen LogP contribution in [0.15, 0.2) is 46.6 Å². The molecule has 2 aromatic carbocycles. The summed E-state index contributed by atoms with van der Waals surface area (Å²) in [4.78, 5) is 20.7. The van der Waals surface area contributed by atoms with Crippen molar-refractivity contribution < 1.29 is 45.7 Å². The molecule has 0 aliphatic carbocycles. The summed E-state index contributed by atoms with van der Waals surface area (Å²) in [7, 11) is 1.49. The van der Waals surface area contributed by atoms with Crippen molar-refractivity contribution in [1.82, 2.24) is 9.88 Å². The first-order valence-electron chi connectivity index (χ1n) is 14.4. The second-order valence-corrected chi connectivity index (χ2v) is 13.0. The monoisotopic (exact) mass is 683 g/mol. The van der Waals surface area contributed by atoms with Gasteiger partial charge in [-0.25, -0.2) is 4.79 Å². The van der Waals surface area contributed by atoms with Gasteiger partial charge in [0.25, 0.3) is 0 Å². The number of thiazole rings is 1. The van der Waals surface area contributed by atoms with Gasteiger partial charge in [-0.2, -0.15) is 41.5 Å². The molecule has 0 unspecified atom stereocenters. The van der Waals surface area contributed by atoms with Crippen molar-refractivity contribution >= 4 is 34.3 Å². The molecule has 5 rings (SSSR count). The second-order valence-electron chi connectivity index (χ2n) is 12.0. The zero-order chi connectivity index (χ0) is 34.3. The molecule has 3 aromatic rings. The number of carbonyl (C=O) groups is 1. The maximum absolute atomic E-state index is 14.1. The van der Waals surface area contributed by atoms with Crippen molar-refractivity contribution in [3.63, 3.8) is 0 Å². The van der Waals surface area contributed by atoms with Crippen molar-refractivity contribution in [3.8, 4) is 5.88 Å². The van der Waals surface area contributed by atoms with E-state index in [4.69, 9.17) is 9.47 Å². The number of hydrogen-bond donors (Lipinski definition) is 1. The van der Waals surface area contributed by atoms with Crippen LogP contribution in [-0.2, 0) is 28.2 Å². The number of benzene rings is 2. The van der Waals surface area contributed by atoms with E-state index in [0.29, 0.717) is 33.9 Å². The number of alkyl halides is 6. The molecular formula is C31H31F6N5O4S. The summed E-state index contributed by atoms with van der Waals surface area (Å²) >= 11 is 1.02. The lowest BCUT2D eigenvalue weighted by atomic mass is 9.94. The average Bonchev–Trinajstić information content (AvgIpc) is 3.60. The Bertz CT molecular complexity index is 1820. The van der Waals surface area contributed by atoms with E-state index < -0.39 is 59.1 Å². The quantitative estimate of drug-likeness (QED) is 0.351. The lowest BCUT2D eigenvalue weighted by Crippen LogP contribution is -2.57. The number of carbonyl (C=O) groups excluding carboxylic acids is 1. The van der Waals surface area contributed by atoms with Gasteiger partial charge in [-0.3, -0.25) is 4.90 Å². The van der Waals surface area contributed by atoms with Gasteiger partial charge in [-0.1, -0.05) is 23.5 Å². The first-order valence-corrected chi connectivity index (χ1v) is 15.2. The molecule has 1 aromatic heterocycles. The van der Waals surface area contributed by atoms with Gasteiger partial charge in [0.1, 0.15) is 5.60 Å². The number of halogens is 6. The predicted molar refractivity (Wildman–Crippen MR) is 162 cm³/mol. The Morgan fingerprint density at radius 1 is 1.04 bits per heavy atom. The molecule has 0 radical (unpaired) electrons. The summed E-state index contributed by atoms with van der Waals surface area (Å²) in [5.74, 6) is -0.461. The summed E-state index contributed by atoms with van der Waals surface area (Å²) < 4.78 is 93.4. The minimum Gasteiger partial charge on any atom is -0.492 e. The van der Waals surface area contributed by atoms with Gasteiger partial charge in [0.15, 0.2) is 5.13 Å². The number of amides is 1. The Hall–Kier alpha value is -4.18. The van der Waals surface area contributed by atoms with E-state index in [-0.39, 0.29) is 36.2 Å². The molecule has 16 heteroatoms. The molecule has 3 heterocycles. The fourth-order valence-electron chi connectivity index (χ4n) is 5.32. The zero-order valence-corrected chi connectivity index (χ0v) is 26.6. The van der Waals surface area contributed by atoms with Crippen LogP contribution in [0.4, 0.5) is 36.3 Å². The van der Waals surface area contributed by atoms with Crippen LogP contribution in [0.2, 0.25) is 0 Å². The Morgan fingerprint density at radius 3 is 2.45 bits per heavy atom. The normalized spacial score (nSPS) is 17.4. The third-order valence-corrected chi connectivity index (χ3v) is 8.63. The molecule has 2 aliphatic heterocycles. The van der Waals surface area contributed by atoms with Crippen molar-refractivity contribution in [1.29, 1.82) is 0 Å². The van der Waals surface area contributed by atoms with E-state index in [1.807, 2.05) is 4.90 Å². The molecule has 2 aliphatic rings. The summed E-state index contributed by atoms with van der Waals surface area (Å²) in [5, 5.41) is 20.2. The molecule has 47 heavy (non-hydrogen) atoms. The third-order valence-electron chi connectivity index (χ3n) is 7.46. The maximum Gasteiger partial charge on any atom is 0.416 e. The number of rotatable bonds is 6. The van der Waals surface area contributed by atoms with Crippen LogP contribution in [0.1, 0.15) is 47.9 Å². The molecule has 1 N–H and O–H groups in total. The number of nitrogens with zero attached hydrogens (tertiary/aromatic N) is 5. The number of piperazine rings is 1. The molecule has 0 bridgehead atoms. The number of ether oxygens (including phenoxy) is 2. The van der Waals surface area contributed by atoms with Crippen LogP contribution < -0.4 is 15.5 Å². The highest BCUT2D eigenvalue weighted by Crippen LogP contribution is 2.41. The Balaban J connectivity index is 1.56. The smallest absolute Gasteiger partial charge is 0.416 e. The highest BCUT2D eigenvalue weighted by molar-refractivity contribution is 7.17. The summed E-state index contributed by atoms with van der Waals surface area (Å²) in [6.45, 7) is 6.23. The molecule has 1 atom stereocenters. The Morgan fingerprint density at radius 2 is 1.79 bits per heavy atom. The number of anilines is 1. The number of methoxy groups -OCH3 is 1. The third kappa shape index (κ3) is 7.70. The van der Waals surface area contributed by atoms with Crippen LogP contribution in [0.25, 0.3) is 5.57 Å². The van der Waals surface area contributed by atoms with E-state index in [2.05, 4.69) is 15.2 Å². The molecular weight excluding hydrogens is 652 g/mol. The molecule has 1 amide bonds. The van der Waals surface area contributed by atoms with Gasteiger partial charge < -0.3 is 19.5 Å². The van der Waals surface area contributed by atoms with Crippen molar-refractivity contribution in [2.75, 3.05) is 38.3 Å². The topological polar surface area (TPSA) is 99.9 Å². The predicted octanol–water partition coefficient (Wildman–Crippen LogP) is 5.37. The largest absolute Gasteiger partial charge is 0.492 e. The molecule has 252 valence electrons. The molecule has 1 saturated heterocycles. The highest BCUT2D eigenvalue weighted by Gasteiger charge is 2.39. The lowest BCUT2D eigenvalue weighted by molar-refractivity contribution is -0.143. The molecule has 0 saturated carbocycles. The Kier molecular flexibility index (Phi) is 9.29. The number of aromatic nitrogens is 1. The van der Waals surface area contributed by atoms with E-state index in [9.17, 15) is 36.2 Å².